The first-order chi connectivity index (χ1) is 10.5. The van der Waals surface area contributed by atoms with Gasteiger partial charge in [0, 0.05) is 12.6 Å². The van der Waals surface area contributed by atoms with Crippen LogP contribution in [-0.2, 0) is 10.0 Å². The summed E-state index contributed by atoms with van der Waals surface area (Å²) < 4.78 is 27.8. The monoisotopic (exact) mass is 321 g/mol. The third kappa shape index (κ3) is 3.49. The van der Waals surface area contributed by atoms with E-state index in [2.05, 4.69) is 5.32 Å². The summed E-state index contributed by atoms with van der Waals surface area (Å²) in [5.41, 5.74) is 1.07. The second-order valence-corrected chi connectivity index (χ2v) is 7.55. The largest absolute Gasteiger partial charge is 0.317 e. The highest BCUT2D eigenvalue weighted by atomic mass is 32.2. The molecule has 0 bridgehead atoms. The molecule has 0 spiro atoms. The minimum Gasteiger partial charge on any atom is -0.317 e. The first kappa shape index (κ1) is 16.9. The van der Waals surface area contributed by atoms with E-state index in [0.717, 1.165) is 32.4 Å². The number of hydrogen-bond donors (Lipinski definition) is 1. The minimum absolute atomic E-state index is 0.0383. The first-order valence-corrected chi connectivity index (χ1v) is 9.18. The number of hydrogen-bond acceptors (Lipinski definition) is 4. The fourth-order valence-corrected chi connectivity index (χ4v) is 4.92. The Morgan fingerprint density at radius 1 is 1.36 bits per heavy atom. The third-order valence-electron chi connectivity index (χ3n) is 4.06. The van der Waals surface area contributed by atoms with E-state index in [1.54, 1.807) is 23.4 Å². The van der Waals surface area contributed by atoms with Gasteiger partial charge in [0.25, 0.3) is 0 Å². The van der Waals surface area contributed by atoms with Crippen molar-refractivity contribution in [3.63, 3.8) is 0 Å². The van der Waals surface area contributed by atoms with Gasteiger partial charge < -0.3 is 5.32 Å². The molecular formula is C16H23N3O2S. The summed E-state index contributed by atoms with van der Waals surface area (Å²) in [4.78, 5) is 0.263. The topological polar surface area (TPSA) is 73.2 Å². The fraction of sp³-hybridized carbons (Fsp3) is 0.562. The van der Waals surface area contributed by atoms with Crippen molar-refractivity contribution in [1.29, 1.82) is 5.26 Å². The molecule has 0 unspecified atom stereocenters. The smallest absolute Gasteiger partial charge is 0.243 e. The molecule has 1 fully saturated rings. The Morgan fingerprint density at radius 3 is 2.64 bits per heavy atom. The van der Waals surface area contributed by atoms with E-state index in [0.29, 0.717) is 17.7 Å². The molecule has 1 aromatic rings. The molecule has 0 aliphatic carbocycles. The number of rotatable bonds is 5. The predicted molar refractivity (Wildman–Crippen MR) is 86.0 cm³/mol. The molecule has 1 aromatic carbocycles. The number of benzene rings is 1. The van der Waals surface area contributed by atoms with Gasteiger partial charge in [-0.1, -0.05) is 13.0 Å². The molecule has 0 atom stereocenters. The van der Waals surface area contributed by atoms with Crippen molar-refractivity contribution >= 4 is 10.0 Å². The SMILES string of the molecule is CCCN(C1CCNCC1)S(=O)(=O)c1cc(C#N)ccc1C. The van der Waals surface area contributed by atoms with Crippen molar-refractivity contribution < 1.29 is 8.42 Å². The van der Waals surface area contributed by atoms with Gasteiger partial charge in [-0.2, -0.15) is 9.57 Å². The van der Waals surface area contributed by atoms with Crippen LogP contribution in [0.5, 0.6) is 0 Å². The number of nitrogens with zero attached hydrogens (tertiary/aromatic N) is 2. The molecule has 0 radical (unpaired) electrons. The highest BCUT2D eigenvalue weighted by molar-refractivity contribution is 7.89. The van der Waals surface area contributed by atoms with Crippen LogP contribution in [0.25, 0.3) is 0 Å². The zero-order chi connectivity index (χ0) is 16.2. The number of aryl methyl sites for hydroxylation is 1. The summed E-state index contributed by atoms with van der Waals surface area (Å²) in [5, 5.41) is 12.3. The fourth-order valence-electron chi connectivity index (χ4n) is 2.89. The molecule has 1 heterocycles. The molecule has 0 amide bonds. The quantitative estimate of drug-likeness (QED) is 0.900. The molecule has 1 aliphatic rings. The molecule has 0 saturated carbocycles. The summed E-state index contributed by atoms with van der Waals surface area (Å²) in [6.45, 7) is 5.97. The number of sulfonamides is 1. The Kier molecular flexibility index (Phi) is 5.57. The molecule has 120 valence electrons. The third-order valence-corrected chi connectivity index (χ3v) is 6.16. The molecule has 0 aromatic heterocycles. The Labute approximate surface area is 133 Å². The van der Waals surface area contributed by atoms with E-state index in [-0.39, 0.29) is 10.9 Å². The van der Waals surface area contributed by atoms with Gasteiger partial charge in [0.05, 0.1) is 16.5 Å². The summed E-state index contributed by atoms with van der Waals surface area (Å²) in [6, 6.07) is 6.92. The number of nitrogens with one attached hydrogen (secondary N) is 1. The lowest BCUT2D eigenvalue weighted by Crippen LogP contribution is -2.46. The molecular weight excluding hydrogens is 298 g/mol. The molecule has 6 heteroatoms. The number of piperidine rings is 1. The van der Waals surface area contributed by atoms with E-state index >= 15 is 0 Å². The van der Waals surface area contributed by atoms with Gasteiger partial charge in [0.2, 0.25) is 10.0 Å². The summed E-state index contributed by atoms with van der Waals surface area (Å²) in [5.74, 6) is 0. The van der Waals surface area contributed by atoms with E-state index in [1.807, 2.05) is 13.0 Å². The molecule has 2 rings (SSSR count). The van der Waals surface area contributed by atoms with Crippen LogP contribution in [0.1, 0.15) is 37.3 Å². The van der Waals surface area contributed by atoms with Gasteiger partial charge in [-0.05, 0) is 57.0 Å². The first-order valence-electron chi connectivity index (χ1n) is 7.74. The second-order valence-electron chi connectivity index (χ2n) is 5.69. The zero-order valence-electron chi connectivity index (χ0n) is 13.2. The Morgan fingerprint density at radius 2 is 2.05 bits per heavy atom. The maximum Gasteiger partial charge on any atom is 0.243 e. The lowest BCUT2D eigenvalue weighted by molar-refractivity contribution is 0.262. The van der Waals surface area contributed by atoms with Gasteiger partial charge in [-0.3, -0.25) is 0 Å². The minimum atomic E-state index is -3.57. The zero-order valence-corrected chi connectivity index (χ0v) is 14.0. The Balaban J connectivity index is 2.42. The van der Waals surface area contributed by atoms with Crippen molar-refractivity contribution in [1.82, 2.24) is 9.62 Å². The van der Waals surface area contributed by atoms with E-state index in [1.165, 1.54) is 6.07 Å². The molecule has 1 aliphatic heterocycles. The van der Waals surface area contributed by atoms with Crippen molar-refractivity contribution in [2.75, 3.05) is 19.6 Å². The van der Waals surface area contributed by atoms with Crippen molar-refractivity contribution in [2.45, 2.75) is 44.0 Å². The summed E-state index contributed by atoms with van der Waals surface area (Å²) in [6.07, 6.45) is 2.44. The molecule has 1 saturated heterocycles. The summed E-state index contributed by atoms with van der Waals surface area (Å²) in [7, 11) is -3.57. The van der Waals surface area contributed by atoms with Crippen LogP contribution in [0, 0.1) is 18.3 Å². The Hall–Kier alpha value is -1.42. The van der Waals surface area contributed by atoms with Crippen LogP contribution in [0.2, 0.25) is 0 Å². The highest BCUT2D eigenvalue weighted by Gasteiger charge is 2.32. The normalized spacial score (nSPS) is 16.6. The molecule has 5 nitrogen and oxygen atoms in total. The predicted octanol–water partition coefficient (Wildman–Crippen LogP) is 2.02. The van der Waals surface area contributed by atoms with Gasteiger partial charge >= 0.3 is 0 Å². The van der Waals surface area contributed by atoms with E-state index in [9.17, 15) is 8.42 Å². The Bertz CT molecular complexity index is 658. The van der Waals surface area contributed by atoms with Gasteiger partial charge in [-0.25, -0.2) is 8.42 Å². The van der Waals surface area contributed by atoms with Gasteiger partial charge in [0.15, 0.2) is 0 Å². The van der Waals surface area contributed by atoms with Crippen LogP contribution in [-0.4, -0.2) is 38.4 Å². The molecule has 1 N–H and O–H groups in total. The molecule has 22 heavy (non-hydrogen) atoms. The van der Waals surface area contributed by atoms with Crippen LogP contribution in [0.3, 0.4) is 0 Å². The highest BCUT2D eigenvalue weighted by Crippen LogP contribution is 2.26. The van der Waals surface area contributed by atoms with Gasteiger partial charge in [0.1, 0.15) is 0 Å². The lowest BCUT2D eigenvalue weighted by atomic mass is 10.1. The average molecular weight is 321 g/mol. The van der Waals surface area contributed by atoms with E-state index < -0.39 is 10.0 Å². The van der Waals surface area contributed by atoms with Gasteiger partial charge in [-0.15, -0.1) is 0 Å². The maximum absolute atomic E-state index is 13.1. The van der Waals surface area contributed by atoms with Crippen molar-refractivity contribution in [3.8, 4) is 6.07 Å². The van der Waals surface area contributed by atoms with Crippen LogP contribution in [0.15, 0.2) is 23.1 Å². The second kappa shape index (κ2) is 7.23. The maximum atomic E-state index is 13.1. The van der Waals surface area contributed by atoms with E-state index in [4.69, 9.17) is 5.26 Å². The standard InChI is InChI=1S/C16H23N3O2S/c1-3-10-19(15-6-8-18-9-7-15)22(20,21)16-11-14(12-17)5-4-13(16)2/h4-5,11,15,18H,3,6-10H2,1-2H3. The average Bonchev–Trinajstić information content (AvgIpc) is 2.53. The van der Waals surface area contributed by atoms with Crippen LogP contribution < -0.4 is 5.32 Å². The summed E-state index contributed by atoms with van der Waals surface area (Å²) >= 11 is 0. The van der Waals surface area contributed by atoms with Crippen LogP contribution in [0.4, 0.5) is 0 Å². The lowest BCUT2D eigenvalue weighted by Gasteiger charge is -2.34. The van der Waals surface area contributed by atoms with Crippen LogP contribution >= 0.6 is 0 Å². The van der Waals surface area contributed by atoms with Crippen molar-refractivity contribution in [3.05, 3.63) is 29.3 Å². The number of nitriles is 1. The van der Waals surface area contributed by atoms with Crippen molar-refractivity contribution in [2.24, 2.45) is 0 Å².